The molecular weight excluding hydrogens is 425 g/mol. The fourth-order valence-electron chi connectivity index (χ4n) is 2.04. The Morgan fingerprint density at radius 1 is 1.18 bits per heavy atom. The standard InChI is InChI=1S/C15H11F3N2O6S2/c16-15(17,18)9-2-1-3-10(6-9)19-28(25,26)11-4-5-13(27-8-14(21)22)12(7-11)20(23)24/h1-7,19H,8H2,(H,21,22)/p-1. The topological polar surface area (TPSA) is 129 Å². The van der Waals surface area contributed by atoms with E-state index in [0.717, 1.165) is 30.3 Å². The van der Waals surface area contributed by atoms with Gasteiger partial charge in [-0.1, -0.05) is 6.07 Å². The molecule has 0 saturated carbocycles. The van der Waals surface area contributed by atoms with Crippen molar-refractivity contribution in [2.45, 2.75) is 16.0 Å². The van der Waals surface area contributed by atoms with Gasteiger partial charge >= 0.3 is 6.18 Å². The largest absolute Gasteiger partial charge is 0.549 e. The summed E-state index contributed by atoms with van der Waals surface area (Å²) in [5.74, 6) is -2.06. The van der Waals surface area contributed by atoms with Crippen LogP contribution in [0.25, 0.3) is 0 Å². The molecule has 0 unspecified atom stereocenters. The van der Waals surface area contributed by atoms with Crippen LogP contribution in [0.3, 0.4) is 0 Å². The number of halogens is 3. The Morgan fingerprint density at radius 3 is 2.43 bits per heavy atom. The van der Waals surface area contributed by atoms with Crippen molar-refractivity contribution < 1.29 is 36.4 Å². The molecule has 2 aromatic rings. The highest BCUT2D eigenvalue weighted by Crippen LogP contribution is 2.33. The molecular formula is C15H10F3N2O6S2-. The van der Waals surface area contributed by atoms with Gasteiger partial charge in [0.25, 0.3) is 15.7 Å². The number of hydrogen-bond acceptors (Lipinski definition) is 7. The SMILES string of the molecule is O=C([O-])CSc1ccc(S(=O)(=O)Nc2cccc(C(F)(F)F)c2)cc1[N+](=O)[O-]. The molecule has 0 aliphatic rings. The first-order valence-corrected chi connectivity index (χ1v) is 9.68. The van der Waals surface area contributed by atoms with E-state index in [9.17, 15) is 41.6 Å². The lowest BCUT2D eigenvalue weighted by atomic mass is 10.2. The number of carbonyl (C=O) groups is 1. The molecule has 2 aromatic carbocycles. The molecule has 0 saturated heterocycles. The van der Waals surface area contributed by atoms with Crippen molar-refractivity contribution >= 4 is 39.1 Å². The number of thioether (sulfide) groups is 1. The highest BCUT2D eigenvalue weighted by atomic mass is 32.2. The van der Waals surface area contributed by atoms with Crippen molar-refractivity contribution in [2.75, 3.05) is 10.5 Å². The van der Waals surface area contributed by atoms with Gasteiger partial charge in [-0.25, -0.2) is 8.42 Å². The van der Waals surface area contributed by atoms with Gasteiger partial charge in [0.15, 0.2) is 0 Å². The maximum Gasteiger partial charge on any atom is 0.416 e. The molecule has 2 rings (SSSR count). The van der Waals surface area contributed by atoms with Gasteiger partial charge in [-0.05, 0) is 30.3 Å². The first kappa shape index (κ1) is 21.5. The zero-order valence-corrected chi connectivity index (χ0v) is 15.2. The molecule has 13 heteroatoms. The number of carbonyl (C=O) groups excluding carboxylic acids is 1. The summed E-state index contributed by atoms with van der Waals surface area (Å²) in [4.78, 5) is 20.1. The number of benzene rings is 2. The Bertz CT molecular complexity index is 1020. The van der Waals surface area contributed by atoms with Crippen LogP contribution in [0.4, 0.5) is 24.5 Å². The molecule has 0 aromatic heterocycles. The quantitative estimate of drug-likeness (QED) is 0.401. The number of nitro groups is 1. The second-order valence-corrected chi connectivity index (χ2v) is 7.93. The first-order chi connectivity index (χ1) is 12.9. The smallest absolute Gasteiger partial charge is 0.416 e. The molecule has 1 N–H and O–H groups in total. The Balaban J connectivity index is 2.36. The molecule has 0 radical (unpaired) electrons. The van der Waals surface area contributed by atoms with Crippen LogP contribution in [-0.2, 0) is 21.0 Å². The van der Waals surface area contributed by atoms with Crippen LogP contribution in [0.5, 0.6) is 0 Å². The van der Waals surface area contributed by atoms with Crippen molar-refractivity contribution in [2.24, 2.45) is 0 Å². The average Bonchev–Trinajstić information content (AvgIpc) is 2.58. The van der Waals surface area contributed by atoms with Gasteiger partial charge in [-0.3, -0.25) is 14.8 Å². The van der Waals surface area contributed by atoms with E-state index in [0.29, 0.717) is 23.9 Å². The highest BCUT2D eigenvalue weighted by Gasteiger charge is 2.31. The molecule has 0 aliphatic heterocycles. The fraction of sp³-hybridized carbons (Fsp3) is 0.133. The maximum atomic E-state index is 12.7. The third-order valence-electron chi connectivity index (χ3n) is 3.23. The molecule has 0 amide bonds. The van der Waals surface area contributed by atoms with Crippen molar-refractivity contribution in [1.29, 1.82) is 0 Å². The number of carboxylic acid groups (broad SMARTS) is 1. The molecule has 0 spiro atoms. The van der Waals surface area contributed by atoms with E-state index < -0.39 is 49.0 Å². The summed E-state index contributed by atoms with van der Waals surface area (Å²) < 4.78 is 64.9. The Labute approximate surface area is 160 Å². The zero-order chi connectivity index (χ0) is 21.1. The summed E-state index contributed by atoms with van der Waals surface area (Å²) >= 11 is 0.568. The van der Waals surface area contributed by atoms with Gasteiger partial charge in [-0.2, -0.15) is 13.2 Å². The average molecular weight is 435 g/mol. The van der Waals surface area contributed by atoms with Gasteiger partial charge in [0.05, 0.1) is 26.2 Å². The number of alkyl halides is 3. The zero-order valence-electron chi connectivity index (χ0n) is 13.6. The number of anilines is 1. The first-order valence-electron chi connectivity index (χ1n) is 7.21. The molecule has 0 bridgehead atoms. The van der Waals surface area contributed by atoms with Crippen molar-refractivity contribution in [3.63, 3.8) is 0 Å². The van der Waals surface area contributed by atoms with Crippen LogP contribution in [0, 0.1) is 10.1 Å². The highest BCUT2D eigenvalue weighted by molar-refractivity contribution is 8.00. The number of sulfonamides is 1. The minimum atomic E-state index is -4.68. The predicted octanol–water partition coefficient (Wildman–Crippen LogP) is 2.26. The summed E-state index contributed by atoms with van der Waals surface area (Å²) in [6.45, 7) is 0. The van der Waals surface area contributed by atoms with Gasteiger partial charge in [0.2, 0.25) is 0 Å². The van der Waals surface area contributed by atoms with E-state index in [1.165, 1.54) is 0 Å². The number of rotatable bonds is 7. The van der Waals surface area contributed by atoms with Crippen molar-refractivity contribution in [3.05, 3.63) is 58.1 Å². The summed E-state index contributed by atoms with van der Waals surface area (Å²) in [5.41, 5.74) is -2.13. The monoisotopic (exact) mass is 435 g/mol. The van der Waals surface area contributed by atoms with E-state index >= 15 is 0 Å². The lowest BCUT2D eigenvalue weighted by Crippen LogP contribution is -2.24. The van der Waals surface area contributed by atoms with Gasteiger partial charge in [0.1, 0.15) is 0 Å². The molecule has 0 fully saturated rings. The lowest BCUT2D eigenvalue weighted by molar-refractivity contribution is -0.388. The van der Waals surface area contributed by atoms with Crippen LogP contribution in [0.15, 0.2) is 52.3 Å². The number of nitro benzene ring substituents is 1. The minimum absolute atomic E-state index is 0.104. The second-order valence-electron chi connectivity index (χ2n) is 5.23. The predicted molar refractivity (Wildman–Crippen MR) is 91.1 cm³/mol. The van der Waals surface area contributed by atoms with E-state index in [-0.39, 0.29) is 10.6 Å². The van der Waals surface area contributed by atoms with Gasteiger partial charge in [-0.15, -0.1) is 11.8 Å². The third kappa shape index (κ3) is 5.36. The number of hydrogen-bond donors (Lipinski definition) is 1. The molecule has 0 heterocycles. The normalized spacial score (nSPS) is 11.8. The van der Waals surface area contributed by atoms with Crippen LogP contribution in [-0.4, -0.2) is 25.1 Å². The second kappa shape index (κ2) is 8.06. The van der Waals surface area contributed by atoms with E-state index in [2.05, 4.69) is 0 Å². The summed E-state index contributed by atoms with van der Waals surface area (Å²) in [6.07, 6.45) is -4.68. The molecule has 150 valence electrons. The Morgan fingerprint density at radius 2 is 1.86 bits per heavy atom. The van der Waals surface area contributed by atoms with Gasteiger partial charge in [0, 0.05) is 17.5 Å². The Hall–Kier alpha value is -2.80. The van der Waals surface area contributed by atoms with E-state index in [1.54, 1.807) is 0 Å². The van der Waals surface area contributed by atoms with Crippen LogP contribution in [0.2, 0.25) is 0 Å². The minimum Gasteiger partial charge on any atom is -0.549 e. The van der Waals surface area contributed by atoms with Crippen LogP contribution in [0.1, 0.15) is 5.56 Å². The van der Waals surface area contributed by atoms with E-state index in [1.807, 2.05) is 4.72 Å². The summed E-state index contributed by atoms with van der Waals surface area (Å²) in [7, 11) is -4.44. The van der Waals surface area contributed by atoms with Crippen molar-refractivity contribution in [3.8, 4) is 0 Å². The van der Waals surface area contributed by atoms with Crippen LogP contribution >= 0.6 is 11.8 Å². The maximum absolute atomic E-state index is 12.7. The van der Waals surface area contributed by atoms with E-state index in [4.69, 9.17) is 0 Å². The Kier molecular flexibility index (Phi) is 6.19. The number of carboxylic acids is 1. The molecule has 28 heavy (non-hydrogen) atoms. The van der Waals surface area contributed by atoms with Gasteiger partial charge < -0.3 is 9.90 Å². The third-order valence-corrected chi connectivity index (χ3v) is 5.64. The number of nitrogens with one attached hydrogen (secondary N) is 1. The number of nitrogens with zero attached hydrogens (tertiary/aromatic N) is 1. The summed E-state index contributed by atoms with van der Waals surface area (Å²) in [5, 5.41) is 21.6. The fourth-order valence-corrected chi connectivity index (χ4v) is 3.83. The molecule has 0 atom stereocenters. The lowest BCUT2D eigenvalue weighted by Gasteiger charge is -2.12. The molecule has 8 nitrogen and oxygen atoms in total. The number of aliphatic carboxylic acids is 1. The van der Waals surface area contributed by atoms with Crippen molar-refractivity contribution in [1.82, 2.24) is 0 Å². The van der Waals surface area contributed by atoms with Crippen LogP contribution < -0.4 is 9.83 Å². The summed E-state index contributed by atoms with van der Waals surface area (Å²) in [6, 6.07) is 6.12. The molecule has 0 aliphatic carbocycles.